The van der Waals surface area contributed by atoms with Gasteiger partial charge in [0.15, 0.2) is 5.75 Å². The van der Waals surface area contributed by atoms with Crippen molar-refractivity contribution in [3.05, 3.63) is 92.3 Å². The minimum Gasteiger partial charge on any atom is -0.490 e. The molecule has 1 saturated heterocycles. The third kappa shape index (κ3) is 6.30. The molecule has 0 radical (unpaired) electrons. The predicted molar refractivity (Wildman–Crippen MR) is 145 cm³/mol. The van der Waals surface area contributed by atoms with Gasteiger partial charge in [0.05, 0.1) is 23.1 Å². The number of carbonyl (C=O) groups excluding carboxylic acids is 2. The van der Waals surface area contributed by atoms with Crippen LogP contribution in [0.1, 0.15) is 23.6 Å². The zero-order valence-corrected chi connectivity index (χ0v) is 22.9. The number of ether oxygens (including phenoxy) is 1. The Morgan fingerprint density at radius 2 is 1.68 bits per heavy atom. The monoisotopic (exact) mass is 577 g/mol. The van der Waals surface area contributed by atoms with Gasteiger partial charge in [-0.1, -0.05) is 53.0 Å². The summed E-state index contributed by atoms with van der Waals surface area (Å²) >= 11 is 13.1. The molecule has 1 heterocycles. The second kappa shape index (κ2) is 11.2. The largest absolute Gasteiger partial charge is 0.490 e. The van der Waals surface area contributed by atoms with Crippen molar-refractivity contribution in [2.45, 2.75) is 25.3 Å². The molecule has 1 aliphatic heterocycles. The van der Waals surface area contributed by atoms with Crippen molar-refractivity contribution in [3.63, 3.8) is 0 Å². The second-order valence-corrected chi connectivity index (χ2v) is 11.4. The number of imide groups is 1. The van der Waals surface area contributed by atoms with Crippen molar-refractivity contribution in [1.29, 1.82) is 0 Å². The van der Waals surface area contributed by atoms with E-state index >= 15 is 0 Å². The Balaban J connectivity index is 1.61. The van der Waals surface area contributed by atoms with Crippen molar-refractivity contribution in [2.24, 2.45) is 0 Å². The molecule has 1 fully saturated rings. The Morgan fingerprint density at radius 3 is 2.32 bits per heavy atom. The molecular formula is C26H21Cl2NO6S2. The van der Waals surface area contributed by atoms with Crippen molar-refractivity contribution in [2.75, 3.05) is 6.61 Å². The molecule has 0 bridgehead atoms. The molecule has 4 rings (SSSR count). The van der Waals surface area contributed by atoms with Crippen LogP contribution < -0.4 is 8.92 Å². The van der Waals surface area contributed by atoms with Gasteiger partial charge in [0, 0.05) is 5.02 Å². The first-order valence-corrected chi connectivity index (χ1v) is 14.0. The predicted octanol–water partition coefficient (Wildman–Crippen LogP) is 6.70. The number of rotatable bonds is 8. The summed E-state index contributed by atoms with van der Waals surface area (Å²) in [5.41, 5.74) is 2.35. The van der Waals surface area contributed by atoms with E-state index in [1.807, 2.05) is 31.2 Å². The Bertz CT molecular complexity index is 1490. The number of hydrogen-bond acceptors (Lipinski definition) is 7. The highest BCUT2D eigenvalue weighted by atomic mass is 35.5. The molecule has 0 N–H and O–H groups in total. The van der Waals surface area contributed by atoms with Gasteiger partial charge in [-0.3, -0.25) is 14.5 Å². The van der Waals surface area contributed by atoms with Crippen LogP contribution in [0, 0.1) is 6.92 Å². The highest BCUT2D eigenvalue weighted by Crippen LogP contribution is 2.40. The van der Waals surface area contributed by atoms with E-state index in [1.165, 1.54) is 47.4 Å². The minimum atomic E-state index is -4.23. The van der Waals surface area contributed by atoms with Gasteiger partial charge in [-0.15, -0.1) is 0 Å². The van der Waals surface area contributed by atoms with E-state index < -0.39 is 16.0 Å². The number of thioether (sulfide) groups is 1. The van der Waals surface area contributed by atoms with E-state index in [9.17, 15) is 18.0 Å². The molecule has 11 heteroatoms. The molecule has 0 spiro atoms. The summed E-state index contributed by atoms with van der Waals surface area (Å²) in [4.78, 5) is 26.8. The van der Waals surface area contributed by atoms with Gasteiger partial charge in [0.1, 0.15) is 4.90 Å². The number of aryl methyl sites for hydroxylation is 1. The highest BCUT2D eigenvalue weighted by molar-refractivity contribution is 8.18. The Morgan fingerprint density at radius 1 is 1.00 bits per heavy atom. The third-order valence-corrected chi connectivity index (χ3v) is 7.94. The fourth-order valence-corrected chi connectivity index (χ4v) is 5.66. The molecule has 3 aromatic carbocycles. The average molecular weight is 578 g/mol. The summed E-state index contributed by atoms with van der Waals surface area (Å²) in [6.07, 6.45) is 1.51. The van der Waals surface area contributed by atoms with Gasteiger partial charge in [0.25, 0.3) is 11.1 Å². The first-order chi connectivity index (χ1) is 17.6. The summed E-state index contributed by atoms with van der Waals surface area (Å²) in [7, 11) is -4.23. The minimum absolute atomic E-state index is 0.0476. The summed E-state index contributed by atoms with van der Waals surface area (Å²) in [5, 5.41) is -0.0600. The molecule has 192 valence electrons. The van der Waals surface area contributed by atoms with Crippen LogP contribution in [0.25, 0.3) is 6.08 Å². The average Bonchev–Trinajstić information content (AvgIpc) is 3.10. The fourth-order valence-electron chi connectivity index (χ4n) is 3.44. The van der Waals surface area contributed by atoms with Gasteiger partial charge in [-0.05, 0) is 79.2 Å². The number of amides is 2. The molecule has 0 saturated carbocycles. The first kappa shape index (κ1) is 27.1. The number of halogens is 2. The maximum Gasteiger partial charge on any atom is 0.339 e. The maximum absolute atomic E-state index is 13.0. The zero-order chi connectivity index (χ0) is 26.7. The number of carbonyl (C=O) groups is 2. The Hall–Kier alpha value is -2.98. The Labute approximate surface area is 229 Å². The molecule has 1 aliphatic rings. The lowest BCUT2D eigenvalue weighted by Gasteiger charge is -2.14. The van der Waals surface area contributed by atoms with E-state index in [2.05, 4.69) is 0 Å². The van der Waals surface area contributed by atoms with Crippen molar-refractivity contribution >= 4 is 62.3 Å². The topological polar surface area (TPSA) is 90.0 Å². The number of nitrogens with zero attached hydrogens (tertiary/aromatic N) is 1. The molecule has 37 heavy (non-hydrogen) atoms. The molecule has 0 aliphatic carbocycles. The molecule has 2 amide bonds. The smallest absolute Gasteiger partial charge is 0.339 e. The normalized spacial score (nSPS) is 14.9. The standard InChI is InChI=1S/C26H21Cl2NO6S2/c1-3-34-22-13-18(12-21(28)24(22)35-37(32,33)20-10-8-19(27)9-11-20)14-23-25(30)29(26(31)36-23)15-17-6-4-16(2)5-7-17/h4-14H,3,15H2,1-2H3/b23-14-. The van der Waals surface area contributed by atoms with Crippen LogP contribution in [0.3, 0.4) is 0 Å². The van der Waals surface area contributed by atoms with E-state index in [0.717, 1.165) is 22.9 Å². The van der Waals surface area contributed by atoms with Gasteiger partial charge >= 0.3 is 10.1 Å². The molecule has 3 aromatic rings. The number of benzene rings is 3. The molecule has 7 nitrogen and oxygen atoms in total. The SMILES string of the molecule is CCOc1cc(/C=C2\SC(=O)N(Cc3ccc(C)cc3)C2=O)cc(Cl)c1OS(=O)(=O)c1ccc(Cl)cc1. The van der Waals surface area contributed by atoms with E-state index in [-0.39, 0.29) is 44.7 Å². The van der Waals surface area contributed by atoms with Crippen LogP contribution >= 0.6 is 35.0 Å². The van der Waals surface area contributed by atoms with Crippen molar-refractivity contribution in [1.82, 2.24) is 4.90 Å². The van der Waals surface area contributed by atoms with Crippen LogP contribution in [-0.2, 0) is 21.5 Å². The van der Waals surface area contributed by atoms with Crippen LogP contribution in [0.5, 0.6) is 11.5 Å². The molecule has 0 unspecified atom stereocenters. The second-order valence-electron chi connectivity index (χ2n) is 8.01. The van der Waals surface area contributed by atoms with E-state index in [1.54, 1.807) is 6.92 Å². The van der Waals surface area contributed by atoms with E-state index in [0.29, 0.717) is 10.6 Å². The maximum atomic E-state index is 13.0. The molecular weight excluding hydrogens is 557 g/mol. The Kier molecular flexibility index (Phi) is 8.18. The lowest BCUT2D eigenvalue weighted by atomic mass is 10.1. The zero-order valence-electron chi connectivity index (χ0n) is 19.7. The lowest BCUT2D eigenvalue weighted by Crippen LogP contribution is -2.27. The highest BCUT2D eigenvalue weighted by Gasteiger charge is 2.35. The first-order valence-electron chi connectivity index (χ1n) is 11.0. The van der Waals surface area contributed by atoms with Gasteiger partial charge < -0.3 is 8.92 Å². The fraction of sp³-hybridized carbons (Fsp3) is 0.154. The summed E-state index contributed by atoms with van der Waals surface area (Å²) in [5.74, 6) is -0.559. The molecule has 0 aromatic heterocycles. The van der Waals surface area contributed by atoms with E-state index in [4.69, 9.17) is 32.1 Å². The van der Waals surface area contributed by atoms with Crippen molar-refractivity contribution in [3.8, 4) is 11.5 Å². The summed E-state index contributed by atoms with van der Waals surface area (Å²) in [6, 6.07) is 16.0. The third-order valence-electron chi connectivity index (χ3n) is 5.26. The quantitative estimate of drug-likeness (QED) is 0.217. The molecule has 0 atom stereocenters. The lowest BCUT2D eigenvalue weighted by molar-refractivity contribution is -0.123. The summed E-state index contributed by atoms with van der Waals surface area (Å²) in [6.45, 7) is 4.03. The van der Waals surface area contributed by atoms with Crippen LogP contribution in [-0.4, -0.2) is 31.1 Å². The van der Waals surface area contributed by atoms with Crippen molar-refractivity contribution < 1.29 is 26.9 Å². The van der Waals surface area contributed by atoms with Gasteiger partial charge in [0.2, 0.25) is 5.75 Å². The van der Waals surface area contributed by atoms with Gasteiger partial charge in [-0.2, -0.15) is 8.42 Å². The van der Waals surface area contributed by atoms with Crippen LogP contribution in [0.4, 0.5) is 4.79 Å². The van der Waals surface area contributed by atoms with Crippen LogP contribution in [0.15, 0.2) is 70.5 Å². The van der Waals surface area contributed by atoms with Crippen LogP contribution in [0.2, 0.25) is 10.0 Å². The summed E-state index contributed by atoms with van der Waals surface area (Å²) < 4.78 is 36.5. The van der Waals surface area contributed by atoms with Gasteiger partial charge in [-0.25, -0.2) is 0 Å². The number of hydrogen-bond donors (Lipinski definition) is 0.